The van der Waals surface area contributed by atoms with E-state index in [0.29, 0.717) is 12.1 Å². The Morgan fingerprint density at radius 3 is 2.21 bits per heavy atom. The number of benzene rings is 1. The summed E-state index contributed by atoms with van der Waals surface area (Å²) in [6.45, 7) is 5.91. The molecule has 160 valence electrons. The van der Waals surface area contributed by atoms with Crippen molar-refractivity contribution in [2.24, 2.45) is 11.7 Å². The normalized spacial score (nSPS) is 19.9. The lowest BCUT2D eigenvalue weighted by Gasteiger charge is -2.31. The maximum Gasteiger partial charge on any atom is 0.253 e. The maximum atomic E-state index is 12.7. The molecule has 7 nitrogen and oxygen atoms in total. The largest absolute Gasteiger partial charge is 0.393 e. The minimum absolute atomic E-state index is 0.0109. The van der Waals surface area contributed by atoms with Crippen LogP contribution < -0.4 is 5.73 Å². The SMILES string of the molecule is CN(CCN1CCC(O)CC1)C(=O)c1ccc(CN2CCC(C(N)=O)CC2)cc1. The Bertz CT molecular complexity index is 678. The molecular formula is C22H34N4O3. The molecule has 3 rings (SSSR count). The highest BCUT2D eigenvalue weighted by atomic mass is 16.3. The van der Waals surface area contributed by atoms with E-state index in [0.717, 1.165) is 65.0 Å². The summed E-state index contributed by atoms with van der Waals surface area (Å²) < 4.78 is 0. The van der Waals surface area contributed by atoms with Crippen molar-refractivity contribution in [1.29, 1.82) is 0 Å². The summed E-state index contributed by atoms with van der Waals surface area (Å²) in [5.74, 6) is -0.137. The highest BCUT2D eigenvalue weighted by molar-refractivity contribution is 5.94. The summed E-state index contributed by atoms with van der Waals surface area (Å²) in [5, 5.41) is 9.59. The van der Waals surface area contributed by atoms with Gasteiger partial charge in [-0.2, -0.15) is 0 Å². The minimum Gasteiger partial charge on any atom is -0.393 e. The number of aliphatic hydroxyl groups is 1. The van der Waals surface area contributed by atoms with E-state index in [4.69, 9.17) is 5.73 Å². The average Bonchev–Trinajstić information content (AvgIpc) is 2.73. The number of likely N-dealkylation sites (tertiary alicyclic amines) is 2. The van der Waals surface area contributed by atoms with E-state index in [2.05, 4.69) is 9.80 Å². The Balaban J connectivity index is 1.44. The molecule has 0 unspecified atom stereocenters. The van der Waals surface area contributed by atoms with E-state index in [1.807, 2.05) is 31.3 Å². The van der Waals surface area contributed by atoms with Gasteiger partial charge < -0.3 is 20.6 Å². The first-order valence-electron chi connectivity index (χ1n) is 10.7. The number of carbonyl (C=O) groups is 2. The van der Waals surface area contributed by atoms with Gasteiger partial charge in [-0.15, -0.1) is 0 Å². The Morgan fingerprint density at radius 1 is 1.03 bits per heavy atom. The summed E-state index contributed by atoms with van der Waals surface area (Å²) in [6, 6.07) is 7.85. The smallest absolute Gasteiger partial charge is 0.253 e. The van der Waals surface area contributed by atoms with Crippen molar-refractivity contribution in [3.63, 3.8) is 0 Å². The van der Waals surface area contributed by atoms with E-state index in [-0.39, 0.29) is 23.8 Å². The van der Waals surface area contributed by atoms with Gasteiger partial charge in [0.15, 0.2) is 0 Å². The molecule has 1 aromatic carbocycles. The van der Waals surface area contributed by atoms with E-state index in [9.17, 15) is 14.7 Å². The van der Waals surface area contributed by atoms with E-state index >= 15 is 0 Å². The molecule has 7 heteroatoms. The zero-order chi connectivity index (χ0) is 20.8. The van der Waals surface area contributed by atoms with Gasteiger partial charge in [0.05, 0.1) is 6.10 Å². The summed E-state index contributed by atoms with van der Waals surface area (Å²) >= 11 is 0. The molecule has 2 aliphatic rings. The van der Waals surface area contributed by atoms with Crippen LogP contribution in [0.4, 0.5) is 0 Å². The highest BCUT2D eigenvalue weighted by Crippen LogP contribution is 2.19. The molecule has 0 saturated carbocycles. The van der Waals surface area contributed by atoms with Crippen LogP contribution in [0.5, 0.6) is 0 Å². The average molecular weight is 403 g/mol. The third-order valence-corrected chi connectivity index (χ3v) is 6.25. The fraction of sp³-hybridized carbons (Fsp3) is 0.636. The summed E-state index contributed by atoms with van der Waals surface area (Å²) in [7, 11) is 1.85. The molecule has 2 fully saturated rings. The number of primary amides is 1. The molecule has 0 aromatic heterocycles. The van der Waals surface area contributed by atoms with Crippen molar-refractivity contribution < 1.29 is 14.7 Å². The lowest BCUT2D eigenvalue weighted by Crippen LogP contribution is -2.41. The number of hydrogen-bond acceptors (Lipinski definition) is 5. The summed E-state index contributed by atoms with van der Waals surface area (Å²) in [6.07, 6.45) is 3.12. The number of piperidine rings is 2. The van der Waals surface area contributed by atoms with E-state index in [1.165, 1.54) is 5.56 Å². The predicted octanol–water partition coefficient (Wildman–Crippen LogP) is 0.913. The van der Waals surface area contributed by atoms with Gasteiger partial charge in [0.2, 0.25) is 5.91 Å². The first-order valence-corrected chi connectivity index (χ1v) is 10.7. The molecular weight excluding hydrogens is 368 g/mol. The zero-order valence-electron chi connectivity index (χ0n) is 17.4. The number of hydrogen-bond donors (Lipinski definition) is 2. The molecule has 2 amide bonds. The third-order valence-electron chi connectivity index (χ3n) is 6.25. The second-order valence-electron chi connectivity index (χ2n) is 8.45. The summed E-state index contributed by atoms with van der Waals surface area (Å²) in [5.41, 5.74) is 7.28. The Labute approximate surface area is 173 Å². The highest BCUT2D eigenvalue weighted by Gasteiger charge is 2.23. The molecule has 0 spiro atoms. The van der Waals surface area contributed by atoms with E-state index in [1.54, 1.807) is 4.90 Å². The number of likely N-dealkylation sites (N-methyl/N-ethyl adjacent to an activating group) is 1. The van der Waals surface area contributed by atoms with Crippen LogP contribution in [-0.2, 0) is 11.3 Å². The van der Waals surface area contributed by atoms with Gasteiger partial charge in [-0.25, -0.2) is 0 Å². The summed E-state index contributed by atoms with van der Waals surface area (Å²) in [4.78, 5) is 30.4. The standard InChI is InChI=1S/C22H34N4O3/c1-24(14-15-25-12-8-20(27)9-13-25)22(29)19-4-2-17(3-5-19)16-26-10-6-18(7-11-26)21(23)28/h2-5,18,20,27H,6-16H2,1H3,(H2,23,28). The number of carbonyl (C=O) groups excluding carboxylic acids is 2. The molecule has 0 bridgehead atoms. The molecule has 0 radical (unpaired) electrons. The van der Waals surface area contributed by atoms with Crippen LogP contribution in [0.1, 0.15) is 41.6 Å². The fourth-order valence-corrected chi connectivity index (χ4v) is 4.14. The number of nitrogens with zero attached hydrogens (tertiary/aromatic N) is 3. The van der Waals surface area contributed by atoms with Crippen molar-refractivity contribution in [3.05, 3.63) is 35.4 Å². The third kappa shape index (κ3) is 6.26. The van der Waals surface area contributed by atoms with Crippen LogP contribution in [0.2, 0.25) is 0 Å². The first-order chi connectivity index (χ1) is 13.9. The number of nitrogens with two attached hydrogens (primary N) is 1. The Hall–Kier alpha value is -1.96. The fourth-order valence-electron chi connectivity index (χ4n) is 4.14. The Morgan fingerprint density at radius 2 is 1.62 bits per heavy atom. The minimum atomic E-state index is -0.186. The van der Waals surface area contributed by atoms with Gasteiger partial charge in [-0.1, -0.05) is 12.1 Å². The number of amides is 2. The molecule has 1 aromatic rings. The van der Waals surface area contributed by atoms with Gasteiger partial charge in [0, 0.05) is 51.3 Å². The van der Waals surface area contributed by atoms with Gasteiger partial charge in [0.1, 0.15) is 0 Å². The van der Waals surface area contributed by atoms with Crippen LogP contribution in [0.25, 0.3) is 0 Å². The lowest BCUT2D eigenvalue weighted by atomic mass is 9.96. The molecule has 29 heavy (non-hydrogen) atoms. The van der Waals surface area contributed by atoms with E-state index < -0.39 is 0 Å². The van der Waals surface area contributed by atoms with Gasteiger partial charge in [0.25, 0.3) is 5.91 Å². The quantitative estimate of drug-likeness (QED) is 0.708. The molecule has 2 aliphatic heterocycles. The predicted molar refractivity (Wildman–Crippen MR) is 112 cm³/mol. The van der Waals surface area contributed by atoms with Crippen molar-refractivity contribution in [2.75, 3.05) is 46.3 Å². The topological polar surface area (TPSA) is 90.1 Å². The lowest BCUT2D eigenvalue weighted by molar-refractivity contribution is -0.123. The molecule has 0 atom stereocenters. The molecule has 2 saturated heterocycles. The van der Waals surface area contributed by atoms with Crippen molar-refractivity contribution in [1.82, 2.24) is 14.7 Å². The second-order valence-corrected chi connectivity index (χ2v) is 8.45. The van der Waals surface area contributed by atoms with Crippen LogP contribution in [0, 0.1) is 5.92 Å². The van der Waals surface area contributed by atoms with Crippen LogP contribution >= 0.6 is 0 Å². The van der Waals surface area contributed by atoms with Gasteiger partial charge >= 0.3 is 0 Å². The van der Waals surface area contributed by atoms with Gasteiger partial charge in [-0.05, 0) is 56.5 Å². The van der Waals surface area contributed by atoms with Crippen molar-refractivity contribution in [3.8, 4) is 0 Å². The monoisotopic (exact) mass is 402 g/mol. The second kappa shape index (κ2) is 10.2. The van der Waals surface area contributed by atoms with Crippen LogP contribution in [0.3, 0.4) is 0 Å². The zero-order valence-corrected chi connectivity index (χ0v) is 17.4. The first kappa shape index (κ1) is 21.7. The van der Waals surface area contributed by atoms with Crippen LogP contribution in [-0.4, -0.2) is 84.0 Å². The Kier molecular flexibility index (Phi) is 7.64. The number of aliphatic hydroxyl groups excluding tert-OH is 1. The van der Waals surface area contributed by atoms with Gasteiger partial charge in [-0.3, -0.25) is 14.5 Å². The van der Waals surface area contributed by atoms with Crippen molar-refractivity contribution >= 4 is 11.8 Å². The van der Waals surface area contributed by atoms with Crippen molar-refractivity contribution in [2.45, 2.75) is 38.3 Å². The molecule has 2 heterocycles. The maximum absolute atomic E-state index is 12.7. The number of rotatable bonds is 7. The molecule has 0 aliphatic carbocycles. The molecule has 3 N–H and O–H groups in total. The van der Waals surface area contributed by atoms with Crippen LogP contribution in [0.15, 0.2) is 24.3 Å².